The molecule has 2 saturated carbocycles. The van der Waals surface area contributed by atoms with Gasteiger partial charge in [-0.1, -0.05) is 32.3 Å². The monoisotopic (exact) mass is 567 g/mol. The van der Waals surface area contributed by atoms with Crippen molar-refractivity contribution in [2.24, 2.45) is 11.3 Å². The first kappa shape index (κ1) is 26.3. The molecule has 1 amide bonds. The maximum atomic E-state index is 15.0. The van der Waals surface area contributed by atoms with Gasteiger partial charge in [0.1, 0.15) is 5.75 Å². The lowest BCUT2D eigenvalue weighted by Gasteiger charge is -2.41. The molecule has 7 heteroatoms. The summed E-state index contributed by atoms with van der Waals surface area (Å²) in [5, 5.41) is 11.1. The van der Waals surface area contributed by atoms with E-state index in [0.717, 1.165) is 55.4 Å². The number of amides is 1. The van der Waals surface area contributed by atoms with E-state index in [4.69, 9.17) is 4.74 Å². The number of benzene rings is 2. The van der Waals surface area contributed by atoms with Gasteiger partial charge in [0, 0.05) is 54.1 Å². The number of ether oxygens (including phenoxy) is 1. The van der Waals surface area contributed by atoms with Crippen LogP contribution in [0.1, 0.15) is 85.2 Å². The predicted molar refractivity (Wildman–Crippen MR) is 162 cm³/mol. The van der Waals surface area contributed by atoms with Crippen LogP contribution in [0.5, 0.6) is 5.75 Å². The van der Waals surface area contributed by atoms with Gasteiger partial charge in [-0.2, -0.15) is 0 Å². The normalized spacial score (nSPS) is 30.4. The second-order valence-corrected chi connectivity index (χ2v) is 13.8. The number of rotatable bonds is 4. The van der Waals surface area contributed by atoms with Gasteiger partial charge in [-0.25, -0.2) is 4.79 Å². The first-order valence-corrected chi connectivity index (χ1v) is 15.9. The van der Waals surface area contributed by atoms with Crippen molar-refractivity contribution in [1.82, 2.24) is 14.4 Å². The van der Waals surface area contributed by atoms with Gasteiger partial charge < -0.3 is 24.2 Å². The minimum atomic E-state index is -0.914. The van der Waals surface area contributed by atoms with Crippen molar-refractivity contribution in [1.29, 1.82) is 0 Å². The number of aromatic nitrogens is 1. The molecule has 4 heterocycles. The summed E-state index contributed by atoms with van der Waals surface area (Å²) in [6, 6.07) is 12.6. The van der Waals surface area contributed by atoms with Crippen LogP contribution in [0.25, 0.3) is 22.2 Å². The lowest BCUT2D eigenvalue weighted by atomic mass is 9.81. The standard InChI is InChI=1S/C35H41N3O4/c1-20-31-28-16-25(42-3)12-14-26(28)32-30(21-7-5-4-6-8-21)27-13-9-22(33(39)40)15-29(27)37(32)19-35(20,31)34(41)38-23-10-11-24(38)18-36(2)17-23/h9,12-16,20-21,23-24,31H,4-8,10-11,17-19H2,1-3H3,(H,39,40)/t20-,23?,24?,31-,35+/m0/s1. The fourth-order valence-corrected chi connectivity index (χ4v) is 9.67. The highest BCUT2D eigenvalue weighted by atomic mass is 16.5. The zero-order valence-corrected chi connectivity index (χ0v) is 24.9. The van der Waals surface area contributed by atoms with Crippen LogP contribution in [0.4, 0.5) is 0 Å². The van der Waals surface area contributed by atoms with Crippen molar-refractivity contribution in [2.75, 3.05) is 27.2 Å². The van der Waals surface area contributed by atoms with E-state index in [-0.39, 0.29) is 23.9 Å². The summed E-state index contributed by atoms with van der Waals surface area (Å²) in [5.41, 5.74) is 5.66. The summed E-state index contributed by atoms with van der Waals surface area (Å²) in [5.74, 6) is 0.925. The molecule has 5 aliphatic rings. The number of likely N-dealkylation sites (tertiary alicyclic amines) is 1. The molecule has 220 valence electrons. The third kappa shape index (κ3) is 3.55. The second kappa shape index (κ2) is 9.34. The fraction of sp³-hybridized carbons (Fsp3) is 0.543. The quantitative estimate of drug-likeness (QED) is 0.412. The third-order valence-corrected chi connectivity index (χ3v) is 11.7. The smallest absolute Gasteiger partial charge is 0.335 e. The Balaban J connectivity index is 1.38. The summed E-state index contributed by atoms with van der Waals surface area (Å²) in [6.07, 6.45) is 8.14. The minimum absolute atomic E-state index is 0.103. The van der Waals surface area contributed by atoms with Crippen LogP contribution < -0.4 is 4.74 Å². The molecule has 2 saturated heterocycles. The molecule has 5 atom stereocenters. The number of carbonyl (C=O) groups excluding carboxylic acids is 1. The molecular formula is C35H41N3O4. The van der Waals surface area contributed by atoms with Gasteiger partial charge >= 0.3 is 5.97 Å². The summed E-state index contributed by atoms with van der Waals surface area (Å²) < 4.78 is 8.12. The fourth-order valence-electron chi connectivity index (χ4n) is 9.67. The lowest BCUT2D eigenvalue weighted by molar-refractivity contribution is -0.144. The highest BCUT2D eigenvalue weighted by Crippen LogP contribution is 2.70. The van der Waals surface area contributed by atoms with Crippen LogP contribution in [0.3, 0.4) is 0 Å². The van der Waals surface area contributed by atoms with Crippen molar-refractivity contribution < 1.29 is 19.4 Å². The number of carboxylic acids is 1. The van der Waals surface area contributed by atoms with Crippen LogP contribution in [-0.2, 0) is 11.3 Å². The Kier molecular flexibility index (Phi) is 5.85. The SMILES string of the molecule is COc1ccc2c(c1)[C@@H]1[C@H](C)[C@]1(C(=O)N1C3CCC1CN(C)C3)Cn1c-2c(C2CCCCC2)c2ccc(C(=O)O)cc21. The number of carbonyl (C=O) groups is 2. The number of hydrogen-bond acceptors (Lipinski definition) is 4. The van der Waals surface area contributed by atoms with Crippen LogP contribution >= 0.6 is 0 Å². The van der Waals surface area contributed by atoms with E-state index >= 15 is 4.79 Å². The number of fused-ring (bicyclic) bond motifs is 9. The first-order chi connectivity index (χ1) is 20.3. The summed E-state index contributed by atoms with van der Waals surface area (Å²) in [4.78, 5) is 31.8. The number of methoxy groups -OCH3 is 1. The van der Waals surface area contributed by atoms with Crippen molar-refractivity contribution in [3.8, 4) is 17.0 Å². The molecular weight excluding hydrogens is 526 g/mol. The number of likely N-dealkylation sites (N-methyl/N-ethyl adjacent to an activating group) is 1. The Labute approximate surface area is 247 Å². The number of aromatic carboxylic acids is 1. The topological polar surface area (TPSA) is 75.0 Å². The van der Waals surface area contributed by atoms with E-state index < -0.39 is 11.4 Å². The highest BCUT2D eigenvalue weighted by molar-refractivity contribution is 6.00. The molecule has 2 aromatic carbocycles. The van der Waals surface area contributed by atoms with E-state index in [2.05, 4.69) is 46.5 Å². The molecule has 0 radical (unpaired) electrons. The van der Waals surface area contributed by atoms with Crippen molar-refractivity contribution >= 4 is 22.8 Å². The average molecular weight is 568 g/mol. The van der Waals surface area contributed by atoms with E-state index in [1.54, 1.807) is 13.2 Å². The Morgan fingerprint density at radius 2 is 1.71 bits per heavy atom. The third-order valence-electron chi connectivity index (χ3n) is 11.7. The summed E-state index contributed by atoms with van der Waals surface area (Å²) in [6.45, 7) is 4.72. The zero-order valence-electron chi connectivity index (χ0n) is 24.9. The molecule has 2 aliphatic carbocycles. The van der Waals surface area contributed by atoms with Crippen LogP contribution in [0.2, 0.25) is 0 Å². The highest BCUT2D eigenvalue weighted by Gasteiger charge is 2.71. The molecule has 3 aliphatic heterocycles. The van der Waals surface area contributed by atoms with E-state index in [9.17, 15) is 9.90 Å². The average Bonchev–Trinajstić information content (AvgIpc) is 3.37. The van der Waals surface area contributed by atoms with Crippen LogP contribution in [0.15, 0.2) is 36.4 Å². The molecule has 42 heavy (non-hydrogen) atoms. The zero-order chi connectivity index (χ0) is 28.9. The van der Waals surface area contributed by atoms with Crippen molar-refractivity contribution in [3.05, 3.63) is 53.1 Å². The van der Waals surface area contributed by atoms with Gasteiger partial charge in [0.05, 0.1) is 23.8 Å². The second-order valence-electron chi connectivity index (χ2n) is 13.8. The first-order valence-electron chi connectivity index (χ1n) is 15.9. The van der Waals surface area contributed by atoms with E-state index in [0.29, 0.717) is 23.9 Å². The molecule has 2 unspecified atom stereocenters. The number of carboxylic acid groups (broad SMARTS) is 1. The maximum Gasteiger partial charge on any atom is 0.335 e. The molecule has 2 bridgehead atoms. The van der Waals surface area contributed by atoms with Crippen LogP contribution in [-0.4, -0.2) is 70.7 Å². The summed E-state index contributed by atoms with van der Waals surface area (Å²) >= 11 is 0. The van der Waals surface area contributed by atoms with Gasteiger partial charge in [-0.15, -0.1) is 0 Å². The Bertz CT molecular complexity index is 1610. The molecule has 0 spiro atoms. The minimum Gasteiger partial charge on any atom is -0.497 e. The molecule has 1 N–H and O–H groups in total. The van der Waals surface area contributed by atoms with Gasteiger partial charge in [-0.3, -0.25) is 4.79 Å². The lowest BCUT2D eigenvalue weighted by Crippen LogP contribution is -2.57. The largest absolute Gasteiger partial charge is 0.497 e. The van der Waals surface area contributed by atoms with Gasteiger partial charge in [0.25, 0.3) is 0 Å². The van der Waals surface area contributed by atoms with E-state index in [1.807, 2.05) is 12.1 Å². The molecule has 7 nitrogen and oxygen atoms in total. The van der Waals surface area contributed by atoms with Crippen molar-refractivity contribution in [2.45, 2.75) is 82.3 Å². The molecule has 3 aromatic rings. The van der Waals surface area contributed by atoms with Gasteiger partial charge in [-0.05, 0) is 86.0 Å². The maximum absolute atomic E-state index is 15.0. The van der Waals surface area contributed by atoms with Gasteiger partial charge in [0.2, 0.25) is 5.91 Å². The number of hydrogen-bond donors (Lipinski definition) is 1. The van der Waals surface area contributed by atoms with Crippen molar-refractivity contribution in [3.63, 3.8) is 0 Å². The molecule has 1 aromatic heterocycles. The predicted octanol–water partition coefficient (Wildman–Crippen LogP) is 6.10. The number of nitrogens with zero attached hydrogens (tertiary/aromatic N) is 3. The van der Waals surface area contributed by atoms with E-state index in [1.165, 1.54) is 41.6 Å². The summed E-state index contributed by atoms with van der Waals surface area (Å²) in [7, 11) is 3.89. The van der Waals surface area contributed by atoms with Gasteiger partial charge in [0.15, 0.2) is 0 Å². The Morgan fingerprint density at radius 3 is 2.40 bits per heavy atom. The molecule has 4 fully saturated rings. The van der Waals surface area contributed by atoms with Crippen LogP contribution in [0, 0.1) is 11.3 Å². The Morgan fingerprint density at radius 1 is 0.976 bits per heavy atom. The molecule has 8 rings (SSSR count). The number of piperazine rings is 1. The Hall–Kier alpha value is -3.32.